The summed E-state index contributed by atoms with van der Waals surface area (Å²) >= 11 is 0. The molecule has 5 nitrogen and oxygen atoms in total. The van der Waals surface area contributed by atoms with Gasteiger partial charge in [0.2, 0.25) is 6.41 Å². The normalized spacial score (nSPS) is 11.4. The summed E-state index contributed by atoms with van der Waals surface area (Å²) in [5, 5.41) is 5.87. The summed E-state index contributed by atoms with van der Waals surface area (Å²) in [5.74, 6) is 0. The molecule has 0 aliphatic rings. The summed E-state index contributed by atoms with van der Waals surface area (Å²) < 4.78 is 0. The summed E-state index contributed by atoms with van der Waals surface area (Å²) in [6, 6.07) is 0. The van der Waals surface area contributed by atoms with Crippen LogP contribution in [0.4, 0.5) is 0 Å². The van der Waals surface area contributed by atoms with Crippen molar-refractivity contribution in [3.8, 4) is 0 Å². The van der Waals surface area contributed by atoms with E-state index in [0.29, 0.717) is 6.41 Å². The van der Waals surface area contributed by atoms with E-state index in [1.807, 2.05) is 0 Å². The number of carbonyl (C=O) groups is 1. The zero-order valence-corrected chi connectivity index (χ0v) is 7.23. The molecule has 0 fully saturated rings. The van der Waals surface area contributed by atoms with E-state index in [1.165, 1.54) is 0 Å². The first-order valence-corrected chi connectivity index (χ1v) is 4.09. The second kappa shape index (κ2) is 7.88. The molecule has 0 aromatic heterocycles. The highest BCUT2D eigenvalue weighted by Gasteiger charge is 2.02. The largest absolute Gasteiger partial charge is 0.350 e. The number of azide groups is 1. The molecule has 0 bridgehead atoms. The number of unbranched alkanes of at least 4 members (excludes halogenated alkanes) is 2. The molecular weight excluding hydrogens is 156 g/mol. The first-order chi connectivity index (χ1) is 5.85. The maximum Gasteiger partial charge on any atom is 0.207 e. The number of amides is 1. The lowest BCUT2D eigenvalue weighted by Crippen LogP contribution is -2.24. The molecule has 0 rings (SSSR count). The van der Waals surface area contributed by atoms with Crippen LogP contribution in [-0.2, 0) is 4.79 Å². The van der Waals surface area contributed by atoms with Crippen LogP contribution in [0.5, 0.6) is 0 Å². The Morgan fingerprint density at radius 2 is 2.42 bits per heavy atom. The fraction of sp³-hybridized carbons (Fsp3) is 0.857. The highest BCUT2D eigenvalue weighted by molar-refractivity contribution is 5.46. The van der Waals surface area contributed by atoms with Gasteiger partial charge in [-0.2, -0.15) is 0 Å². The first-order valence-electron chi connectivity index (χ1n) is 4.09. The number of carbonyl (C=O) groups excluding carboxylic acids is 1. The maximum atomic E-state index is 10.0. The minimum atomic E-state index is -0.376. The lowest BCUT2D eigenvalue weighted by Gasteiger charge is -2.07. The van der Waals surface area contributed by atoms with E-state index in [1.54, 1.807) is 0 Å². The van der Waals surface area contributed by atoms with Gasteiger partial charge in [0.25, 0.3) is 0 Å². The Balaban J connectivity index is 3.62. The molecule has 0 saturated heterocycles. The maximum absolute atomic E-state index is 10.0. The molecule has 0 aliphatic carbocycles. The molecule has 0 saturated carbocycles. The predicted octanol–water partition coefficient (Wildman–Crippen LogP) is 1.95. The van der Waals surface area contributed by atoms with E-state index in [4.69, 9.17) is 5.53 Å². The molecule has 5 heteroatoms. The summed E-state index contributed by atoms with van der Waals surface area (Å²) in [5.41, 5.74) is 8.12. The SMILES string of the molecule is CCCCCC(N=[N+]=[N-])NC=O. The molecule has 0 aromatic carbocycles. The third-order valence-electron chi connectivity index (χ3n) is 1.53. The molecule has 0 aliphatic heterocycles. The van der Waals surface area contributed by atoms with Gasteiger partial charge in [-0.1, -0.05) is 31.3 Å². The van der Waals surface area contributed by atoms with Crippen molar-refractivity contribution in [2.75, 3.05) is 0 Å². The van der Waals surface area contributed by atoms with E-state index in [0.717, 1.165) is 25.7 Å². The van der Waals surface area contributed by atoms with Crippen molar-refractivity contribution in [1.29, 1.82) is 0 Å². The van der Waals surface area contributed by atoms with Crippen LogP contribution in [0.2, 0.25) is 0 Å². The van der Waals surface area contributed by atoms with Crippen molar-refractivity contribution in [3.63, 3.8) is 0 Å². The van der Waals surface area contributed by atoms with E-state index in [2.05, 4.69) is 22.3 Å². The van der Waals surface area contributed by atoms with Crippen LogP contribution in [-0.4, -0.2) is 12.6 Å². The van der Waals surface area contributed by atoms with Crippen molar-refractivity contribution >= 4 is 6.41 Å². The molecule has 1 N–H and O–H groups in total. The zero-order valence-electron chi connectivity index (χ0n) is 7.23. The van der Waals surface area contributed by atoms with Gasteiger partial charge in [-0.25, -0.2) is 0 Å². The molecule has 12 heavy (non-hydrogen) atoms. The molecule has 1 unspecified atom stereocenters. The van der Waals surface area contributed by atoms with Gasteiger partial charge in [0.1, 0.15) is 6.17 Å². The van der Waals surface area contributed by atoms with Gasteiger partial charge in [-0.05, 0) is 12.0 Å². The van der Waals surface area contributed by atoms with Gasteiger partial charge in [0.05, 0.1) is 0 Å². The van der Waals surface area contributed by atoms with Gasteiger partial charge >= 0.3 is 0 Å². The summed E-state index contributed by atoms with van der Waals surface area (Å²) in [4.78, 5) is 12.7. The molecule has 1 atom stereocenters. The molecule has 0 radical (unpaired) electrons. The van der Waals surface area contributed by atoms with Crippen LogP contribution < -0.4 is 5.32 Å². The van der Waals surface area contributed by atoms with Crippen molar-refractivity contribution in [2.24, 2.45) is 5.11 Å². The fourth-order valence-electron chi connectivity index (χ4n) is 0.903. The van der Waals surface area contributed by atoms with Gasteiger partial charge in [0.15, 0.2) is 0 Å². The predicted molar refractivity (Wildman–Crippen MR) is 46.3 cm³/mol. The molecular formula is C7H14N4O. The Kier molecular flexibility index (Phi) is 7.08. The zero-order chi connectivity index (χ0) is 9.23. The lowest BCUT2D eigenvalue weighted by molar-refractivity contribution is -0.110. The summed E-state index contributed by atoms with van der Waals surface area (Å²) in [7, 11) is 0. The third kappa shape index (κ3) is 5.56. The topological polar surface area (TPSA) is 77.9 Å². The van der Waals surface area contributed by atoms with Crippen LogP contribution in [0, 0.1) is 0 Å². The van der Waals surface area contributed by atoms with Crippen LogP contribution in [0.15, 0.2) is 5.11 Å². The highest BCUT2D eigenvalue weighted by atomic mass is 16.1. The number of nitrogens with one attached hydrogen (secondary N) is 1. The fourth-order valence-corrected chi connectivity index (χ4v) is 0.903. The van der Waals surface area contributed by atoms with Gasteiger partial charge in [-0.15, -0.1) is 0 Å². The minimum Gasteiger partial charge on any atom is -0.350 e. The van der Waals surface area contributed by atoms with Crippen molar-refractivity contribution in [2.45, 2.75) is 38.8 Å². The lowest BCUT2D eigenvalue weighted by atomic mass is 10.2. The minimum absolute atomic E-state index is 0.376. The van der Waals surface area contributed by atoms with Gasteiger partial charge in [-0.3, -0.25) is 4.79 Å². The monoisotopic (exact) mass is 170 g/mol. The van der Waals surface area contributed by atoms with Crippen LogP contribution in [0.25, 0.3) is 10.4 Å². The van der Waals surface area contributed by atoms with Gasteiger partial charge < -0.3 is 5.32 Å². The average molecular weight is 170 g/mol. The van der Waals surface area contributed by atoms with Crippen molar-refractivity contribution < 1.29 is 4.79 Å². The molecule has 0 aromatic rings. The van der Waals surface area contributed by atoms with Crippen molar-refractivity contribution in [3.05, 3.63) is 10.4 Å². The van der Waals surface area contributed by atoms with E-state index < -0.39 is 0 Å². The summed E-state index contributed by atoms with van der Waals surface area (Å²) in [6.45, 7) is 2.09. The number of rotatable bonds is 7. The quantitative estimate of drug-likeness (QED) is 0.205. The smallest absolute Gasteiger partial charge is 0.207 e. The Morgan fingerprint density at radius 1 is 1.67 bits per heavy atom. The van der Waals surface area contributed by atoms with Crippen LogP contribution in [0.3, 0.4) is 0 Å². The Hall–Kier alpha value is -1.22. The average Bonchev–Trinajstić information content (AvgIpc) is 2.06. The molecule has 0 spiro atoms. The molecule has 1 amide bonds. The van der Waals surface area contributed by atoms with E-state index in [-0.39, 0.29) is 6.17 Å². The van der Waals surface area contributed by atoms with E-state index >= 15 is 0 Å². The van der Waals surface area contributed by atoms with E-state index in [9.17, 15) is 4.79 Å². The number of nitrogens with zero attached hydrogens (tertiary/aromatic N) is 3. The second-order valence-electron chi connectivity index (χ2n) is 2.50. The van der Waals surface area contributed by atoms with Crippen molar-refractivity contribution in [1.82, 2.24) is 5.32 Å². The third-order valence-corrected chi connectivity index (χ3v) is 1.53. The number of hydrogen-bond acceptors (Lipinski definition) is 2. The molecule has 0 heterocycles. The van der Waals surface area contributed by atoms with Gasteiger partial charge in [0, 0.05) is 4.91 Å². The first kappa shape index (κ1) is 10.8. The highest BCUT2D eigenvalue weighted by Crippen LogP contribution is 2.03. The molecule has 68 valence electrons. The van der Waals surface area contributed by atoms with Crippen LogP contribution >= 0.6 is 0 Å². The van der Waals surface area contributed by atoms with Crippen LogP contribution in [0.1, 0.15) is 32.6 Å². The Morgan fingerprint density at radius 3 is 2.92 bits per heavy atom. The summed E-state index contributed by atoms with van der Waals surface area (Å²) in [6.07, 6.45) is 4.09. The second-order valence-corrected chi connectivity index (χ2v) is 2.50. The number of hydrogen-bond donors (Lipinski definition) is 1. The Bertz CT molecular complexity index is 165. The Labute approximate surface area is 71.8 Å². The standard InChI is InChI=1S/C7H14N4O/c1-2-3-4-5-7(9-6-12)10-11-8/h6-7H,2-5H2,1H3,(H,9,12).